The third-order valence-electron chi connectivity index (χ3n) is 5.77. The molecule has 0 aromatic carbocycles. The van der Waals surface area contributed by atoms with E-state index in [1.165, 1.54) is 15.4 Å². The summed E-state index contributed by atoms with van der Waals surface area (Å²) in [5.74, 6) is 0. The predicted octanol–water partition coefficient (Wildman–Crippen LogP) is 3.25. The minimum atomic E-state index is -0.565. The highest BCUT2D eigenvalue weighted by molar-refractivity contribution is 14.2. The zero-order valence-corrected chi connectivity index (χ0v) is 20.2. The second kappa shape index (κ2) is 7.10. The van der Waals surface area contributed by atoms with Gasteiger partial charge in [-0.1, -0.05) is 0 Å². The molecular formula is C19H22BIN4O3S. The molecule has 0 unspecified atom stereocenters. The van der Waals surface area contributed by atoms with Crippen LogP contribution in [-0.4, -0.2) is 36.8 Å². The number of aromatic nitrogens is 4. The SMILES string of the molecule is Cc1cc(-c2cc3c(B4OC(C)(C)C(C)(C)O4)cn(C)c(=O)c3n2SI)ncn1. The molecule has 1 aliphatic rings. The number of aryl methyl sites for hydroxylation is 2. The lowest BCUT2D eigenvalue weighted by atomic mass is 9.78. The maximum Gasteiger partial charge on any atom is 0.497 e. The second-order valence-electron chi connectivity index (χ2n) is 8.29. The Morgan fingerprint density at radius 3 is 2.38 bits per heavy atom. The Labute approximate surface area is 186 Å². The molecule has 0 aliphatic carbocycles. The van der Waals surface area contributed by atoms with Crippen LogP contribution in [0.1, 0.15) is 33.4 Å². The first kappa shape index (κ1) is 20.9. The van der Waals surface area contributed by atoms with Gasteiger partial charge in [-0.05, 0) is 46.8 Å². The molecule has 152 valence electrons. The summed E-state index contributed by atoms with van der Waals surface area (Å²) in [5, 5.41) is 0.807. The van der Waals surface area contributed by atoms with Crippen molar-refractivity contribution in [3.8, 4) is 11.4 Å². The fourth-order valence-electron chi connectivity index (χ4n) is 3.42. The average Bonchev–Trinajstić information content (AvgIpc) is 3.12. The maximum absolute atomic E-state index is 13.1. The van der Waals surface area contributed by atoms with Crippen LogP contribution in [0.15, 0.2) is 29.5 Å². The summed E-state index contributed by atoms with van der Waals surface area (Å²) < 4.78 is 16.1. The number of pyridine rings is 1. The van der Waals surface area contributed by atoms with Gasteiger partial charge < -0.3 is 13.9 Å². The summed E-state index contributed by atoms with van der Waals surface area (Å²) in [6.07, 6.45) is 3.35. The van der Waals surface area contributed by atoms with Crippen molar-refractivity contribution in [3.05, 3.63) is 40.7 Å². The van der Waals surface area contributed by atoms with Crippen molar-refractivity contribution in [2.24, 2.45) is 7.05 Å². The van der Waals surface area contributed by atoms with Crippen molar-refractivity contribution in [2.75, 3.05) is 0 Å². The molecule has 1 fully saturated rings. The van der Waals surface area contributed by atoms with E-state index in [1.54, 1.807) is 11.6 Å². The van der Waals surface area contributed by atoms with E-state index < -0.39 is 18.3 Å². The van der Waals surface area contributed by atoms with Gasteiger partial charge >= 0.3 is 7.12 Å². The van der Waals surface area contributed by atoms with Gasteiger partial charge in [-0.15, -0.1) is 0 Å². The predicted molar refractivity (Wildman–Crippen MR) is 126 cm³/mol. The standard InChI is InChI=1S/C19H22BIN4O3S/c1-11-7-14(23-10-22-11)15-8-12-13(20-27-18(2,3)19(4,5)28-20)9-24(6)17(26)16(12)25(15)29-21/h7-10H,1-6H3. The van der Waals surface area contributed by atoms with Crippen LogP contribution >= 0.6 is 30.3 Å². The van der Waals surface area contributed by atoms with Gasteiger partial charge in [0.05, 0.1) is 22.6 Å². The normalized spacial score (nSPS) is 18.0. The van der Waals surface area contributed by atoms with E-state index in [4.69, 9.17) is 9.31 Å². The van der Waals surface area contributed by atoms with Crippen molar-refractivity contribution >= 4 is 53.8 Å². The van der Waals surface area contributed by atoms with Crippen LogP contribution in [0.3, 0.4) is 0 Å². The van der Waals surface area contributed by atoms with Crippen LogP contribution in [0.2, 0.25) is 0 Å². The van der Waals surface area contributed by atoms with E-state index in [-0.39, 0.29) is 5.56 Å². The molecule has 7 nitrogen and oxygen atoms in total. The fourth-order valence-corrected chi connectivity index (χ4v) is 5.12. The number of hydrogen-bond donors (Lipinski definition) is 0. The highest BCUT2D eigenvalue weighted by Crippen LogP contribution is 2.38. The molecule has 1 aliphatic heterocycles. The lowest BCUT2D eigenvalue weighted by molar-refractivity contribution is 0.00578. The Morgan fingerprint density at radius 2 is 1.79 bits per heavy atom. The van der Waals surface area contributed by atoms with Gasteiger partial charge in [-0.2, -0.15) is 0 Å². The Morgan fingerprint density at radius 1 is 1.14 bits per heavy atom. The van der Waals surface area contributed by atoms with Crippen molar-refractivity contribution in [2.45, 2.75) is 45.8 Å². The number of rotatable bonds is 3. The number of fused-ring (bicyclic) bond motifs is 1. The molecule has 0 saturated carbocycles. The second-order valence-corrected chi connectivity index (χ2v) is 9.97. The largest absolute Gasteiger partial charge is 0.497 e. The first-order valence-electron chi connectivity index (χ1n) is 9.24. The smallest absolute Gasteiger partial charge is 0.399 e. The number of nitrogens with zero attached hydrogens (tertiary/aromatic N) is 4. The van der Waals surface area contributed by atoms with Crippen LogP contribution < -0.4 is 11.0 Å². The van der Waals surface area contributed by atoms with E-state index in [1.807, 2.05) is 56.9 Å². The Kier molecular flexibility index (Phi) is 5.12. The topological polar surface area (TPSA) is 71.2 Å². The zero-order chi connectivity index (χ0) is 21.1. The van der Waals surface area contributed by atoms with Gasteiger partial charge in [0.25, 0.3) is 5.56 Å². The highest BCUT2D eigenvalue weighted by atomic mass is 127. The van der Waals surface area contributed by atoms with Gasteiger partial charge in [0.15, 0.2) is 0 Å². The van der Waals surface area contributed by atoms with E-state index >= 15 is 0 Å². The van der Waals surface area contributed by atoms with Crippen LogP contribution in [-0.2, 0) is 16.4 Å². The molecule has 4 heterocycles. The Hall–Kier alpha value is -1.37. The molecule has 0 radical (unpaired) electrons. The number of halogens is 1. The van der Waals surface area contributed by atoms with Gasteiger partial charge in [-0.3, -0.25) is 8.77 Å². The minimum Gasteiger partial charge on any atom is -0.399 e. The Bertz CT molecular complexity index is 1160. The monoisotopic (exact) mass is 524 g/mol. The van der Waals surface area contributed by atoms with Crippen molar-refractivity contribution in [1.29, 1.82) is 0 Å². The average molecular weight is 524 g/mol. The molecule has 4 rings (SSSR count). The number of hydrogen-bond acceptors (Lipinski definition) is 6. The van der Waals surface area contributed by atoms with Crippen molar-refractivity contribution < 1.29 is 9.31 Å². The molecule has 1 saturated heterocycles. The summed E-state index contributed by atoms with van der Waals surface area (Å²) in [6, 6.07) is 3.90. The molecular weight excluding hydrogens is 502 g/mol. The maximum atomic E-state index is 13.1. The van der Waals surface area contributed by atoms with Crippen LogP contribution in [0, 0.1) is 6.92 Å². The molecule has 3 aromatic heterocycles. The molecule has 29 heavy (non-hydrogen) atoms. The lowest BCUT2D eigenvalue weighted by Gasteiger charge is -2.32. The fraction of sp³-hybridized carbons (Fsp3) is 0.421. The molecule has 0 bridgehead atoms. The van der Waals surface area contributed by atoms with Gasteiger partial charge in [0.1, 0.15) is 11.8 Å². The van der Waals surface area contributed by atoms with Gasteiger partial charge in [-0.25, -0.2) is 9.97 Å². The minimum absolute atomic E-state index is 0.0820. The Balaban J connectivity index is 1.99. The lowest BCUT2D eigenvalue weighted by Crippen LogP contribution is -2.41. The molecule has 0 spiro atoms. The van der Waals surface area contributed by atoms with E-state index in [0.717, 1.165) is 27.9 Å². The first-order valence-corrected chi connectivity index (χ1v) is 12.6. The molecule has 0 N–H and O–H groups in total. The summed E-state index contributed by atoms with van der Waals surface area (Å²) in [4.78, 5) is 21.7. The summed E-state index contributed by atoms with van der Waals surface area (Å²) >= 11 is 2.18. The van der Waals surface area contributed by atoms with Crippen LogP contribution in [0.5, 0.6) is 0 Å². The first-order chi connectivity index (χ1) is 13.6. The summed E-state index contributed by atoms with van der Waals surface area (Å²) in [6.45, 7) is 10.0. The third kappa shape index (κ3) is 3.33. The molecule has 3 aromatic rings. The van der Waals surface area contributed by atoms with Crippen molar-refractivity contribution in [1.82, 2.24) is 18.5 Å². The molecule has 10 heteroatoms. The summed E-state index contributed by atoms with van der Waals surface area (Å²) in [7, 11) is 2.62. The van der Waals surface area contributed by atoms with Gasteiger partial charge in [0, 0.05) is 60.1 Å². The van der Waals surface area contributed by atoms with Crippen LogP contribution in [0.25, 0.3) is 22.3 Å². The van der Waals surface area contributed by atoms with E-state index in [2.05, 4.69) is 31.2 Å². The van der Waals surface area contributed by atoms with Gasteiger partial charge in [0.2, 0.25) is 0 Å². The molecule has 0 amide bonds. The molecule has 0 atom stereocenters. The van der Waals surface area contributed by atoms with Crippen molar-refractivity contribution in [3.63, 3.8) is 0 Å². The highest BCUT2D eigenvalue weighted by Gasteiger charge is 2.52. The van der Waals surface area contributed by atoms with E-state index in [9.17, 15) is 4.79 Å². The quantitative estimate of drug-likeness (QED) is 0.387. The third-order valence-corrected chi connectivity index (χ3v) is 7.47. The zero-order valence-electron chi connectivity index (χ0n) is 17.2. The summed E-state index contributed by atoms with van der Waals surface area (Å²) in [5.41, 5.74) is 2.87. The van der Waals surface area contributed by atoms with Crippen LogP contribution in [0.4, 0.5) is 0 Å². The van der Waals surface area contributed by atoms with E-state index in [0.29, 0.717) is 5.52 Å².